The summed E-state index contributed by atoms with van der Waals surface area (Å²) in [5.41, 5.74) is 4.94. The standard InChI is InChI=1S/C33H45FN4/c1-6-13-33(32-36-20-29(37-32)22(2)3)14-11-25(19-33)21-38(30-18-28(34)16-24(30)5)31-17-27(12-15-35-31)26-9-7-23(4)8-10-26/h7-10,12,15,17,22,24-25,28,30H,6,11,13-14,16,18-21H2,1-5H3. The molecule has 2 saturated carbocycles. The normalized spacial score (nSPS) is 29.1. The van der Waals surface area contributed by atoms with Crippen molar-refractivity contribution in [2.75, 3.05) is 18.0 Å². The third kappa shape index (κ3) is 5.58. The second-order valence-corrected chi connectivity index (χ2v) is 12.6. The Morgan fingerprint density at radius 2 is 1.89 bits per heavy atom. The lowest BCUT2D eigenvalue weighted by Crippen LogP contribution is -2.41. The highest BCUT2D eigenvalue weighted by molar-refractivity contribution is 6.07. The molecule has 1 aromatic carbocycles. The molecule has 1 aromatic heterocycles. The molecule has 0 bridgehead atoms. The van der Waals surface area contributed by atoms with E-state index in [1.165, 1.54) is 28.8 Å². The summed E-state index contributed by atoms with van der Waals surface area (Å²) in [6, 6.07) is 13.2. The molecule has 0 radical (unpaired) electrons. The molecule has 5 rings (SSSR count). The van der Waals surface area contributed by atoms with Gasteiger partial charge in [0.25, 0.3) is 0 Å². The Morgan fingerprint density at radius 1 is 1.11 bits per heavy atom. The number of nitrogens with zero attached hydrogens (tertiary/aromatic N) is 4. The van der Waals surface area contributed by atoms with E-state index in [-0.39, 0.29) is 11.5 Å². The van der Waals surface area contributed by atoms with Gasteiger partial charge in [0.15, 0.2) is 0 Å². The summed E-state index contributed by atoms with van der Waals surface area (Å²) in [5, 5.41) is 0. The van der Waals surface area contributed by atoms with Gasteiger partial charge in [-0.05, 0) is 86.5 Å². The fourth-order valence-corrected chi connectivity index (χ4v) is 7.14. The third-order valence-electron chi connectivity index (χ3n) is 9.28. The molecular formula is C33H45FN4. The maximum atomic E-state index is 14.6. The summed E-state index contributed by atoms with van der Waals surface area (Å²) in [6.07, 6.45) is 8.16. The summed E-state index contributed by atoms with van der Waals surface area (Å²) < 4.78 is 14.6. The van der Waals surface area contributed by atoms with Gasteiger partial charge in [-0.15, -0.1) is 0 Å². The minimum Gasteiger partial charge on any atom is -0.353 e. The fourth-order valence-electron chi connectivity index (χ4n) is 7.14. The van der Waals surface area contributed by atoms with E-state index in [1.54, 1.807) is 0 Å². The van der Waals surface area contributed by atoms with Crippen molar-refractivity contribution >= 4 is 17.4 Å². The minimum absolute atomic E-state index is 0.0861. The van der Waals surface area contributed by atoms with E-state index in [1.807, 2.05) is 6.20 Å². The number of aromatic nitrogens is 1. The summed E-state index contributed by atoms with van der Waals surface area (Å²) in [6.45, 7) is 12.7. The van der Waals surface area contributed by atoms with Gasteiger partial charge in [0.05, 0.1) is 6.54 Å². The van der Waals surface area contributed by atoms with Gasteiger partial charge in [0.2, 0.25) is 0 Å². The van der Waals surface area contributed by atoms with Crippen LogP contribution in [0.5, 0.6) is 0 Å². The molecule has 204 valence electrons. The van der Waals surface area contributed by atoms with Crippen LogP contribution in [-0.4, -0.2) is 41.8 Å². The van der Waals surface area contributed by atoms with Gasteiger partial charge in [-0.1, -0.05) is 63.9 Å². The minimum atomic E-state index is -0.725. The SMILES string of the molecule is CCCC1(C2=NCC(C(C)C)=N2)CCC(CN(c2cc(-c3ccc(C)cc3)ccn2)C2CC(F)CC2C)C1. The lowest BCUT2D eigenvalue weighted by molar-refractivity contribution is 0.332. The van der Waals surface area contributed by atoms with Crippen molar-refractivity contribution in [2.45, 2.75) is 91.8 Å². The molecule has 0 spiro atoms. The highest BCUT2D eigenvalue weighted by Gasteiger charge is 2.45. The summed E-state index contributed by atoms with van der Waals surface area (Å²) in [4.78, 5) is 17.4. The summed E-state index contributed by atoms with van der Waals surface area (Å²) >= 11 is 0. The number of rotatable bonds is 9. The summed E-state index contributed by atoms with van der Waals surface area (Å²) in [5.74, 6) is 3.38. The molecule has 2 heterocycles. The van der Waals surface area contributed by atoms with Crippen LogP contribution >= 0.6 is 0 Å². The molecule has 38 heavy (non-hydrogen) atoms. The van der Waals surface area contributed by atoms with Crippen molar-refractivity contribution < 1.29 is 4.39 Å². The predicted octanol–water partition coefficient (Wildman–Crippen LogP) is 8.10. The number of aliphatic imine (C=N–C) groups is 2. The first-order valence-electron chi connectivity index (χ1n) is 14.8. The average molecular weight is 517 g/mol. The van der Waals surface area contributed by atoms with Crippen LogP contribution in [0.2, 0.25) is 0 Å². The first-order valence-corrected chi connectivity index (χ1v) is 14.8. The van der Waals surface area contributed by atoms with Crippen LogP contribution in [0, 0.1) is 30.1 Å². The van der Waals surface area contributed by atoms with Crippen molar-refractivity contribution in [3.63, 3.8) is 0 Å². The molecule has 5 atom stereocenters. The molecule has 5 unspecified atom stereocenters. The largest absolute Gasteiger partial charge is 0.353 e. The number of alkyl halides is 1. The van der Waals surface area contributed by atoms with Gasteiger partial charge < -0.3 is 4.90 Å². The number of hydrogen-bond donors (Lipinski definition) is 0. The second kappa shape index (κ2) is 11.3. The Balaban J connectivity index is 1.41. The Labute approximate surface area is 228 Å². The van der Waals surface area contributed by atoms with Crippen LogP contribution in [0.15, 0.2) is 52.6 Å². The number of halogens is 1. The van der Waals surface area contributed by atoms with Crippen LogP contribution in [0.4, 0.5) is 10.2 Å². The molecule has 0 N–H and O–H groups in total. The Bertz CT molecular complexity index is 1170. The molecule has 2 fully saturated rings. The Morgan fingerprint density at radius 3 is 2.55 bits per heavy atom. The molecule has 5 heteroatoms. The number of anilines is 1. The predicted molar refractivity (Wildman–Crippen MR) is 158 cm³/mol. The highest BCUT2D eigenvalue weighted by atomic mass is 19.1. The quantitative estimate of drug-likeness (QED) is 0.338. The average Bonchev–Trinajstić information content (AvgIpc) is 3.63. The molecule has 0 saturated heterocycles. The zero-order valence-electron chi connectivity index (χ0n) is 24.0. The first kappa shape index (κ1) is 27.0. The van der Waals surface area contributed by atoms with Crippen molar-refractivity contribution in [1.82, 2.24) is 4.98 Å². The zero-order chi connectivity index (χ0) is 26.9. The van der Waals surface area contributed by atoms with E-state index in [0.29, 0.717) is 30.6 Å². The van der Waals surface area contributed by atoms with E-state index >= 15 is 0 Å². The van der Waals surface area contributed by atoms with Crippen molar-refractivity contribution in [2.24, 2.45) is 33.2 Å². The molecule has 2 aliphatic carbocycles. The van der Waals surface area contributed by atoms with Crippen molar-refractivity contribution in [1.29, 1.82) is 0 Å². The van der Waals surface area contributed by atoms with Crippen LogP contribution < -0.4 is 4.90 Å². The maximum absolute atomic E-state index is 14.6. The molecule has 2 aromatic rings. The molecule has 1 aliphatic heterocycles. The van der Waals surface area contributed by atoms with E-state index < -0.39 is 6.17 Å². The monoisotopic (exact) mass is 516 g/mol. The smallest absolute Gasteiger partial charge is 0.129 e. The van der Waals surface area contributed by atoms with E-state index in [2.05, 4.69) is 75.9 Å². The molecule has 0 amide bonds. The van der Waals surface area contributed by atoms with Gasteiger partial charge in [0.1, 0.15) is 17.8 Å². The number of pyridine rings is 1. The Hall–Kier alpha value is -2.56. The van der Waals surface area contributed by atoms with E-state index in [9.17, 15) is 4.39 Å². The molecule has 3 aliphatic rings. The Kier molecular flexibility index (Phi) is 8.02. The fraction of sp³-hybridized carbons (Fsp3) is 0.606. The van der Waals surface area contributed by atoms with E-state index in [4.69, 9.17) is 15.0 Å². The van der Waals surface area contributed by atoms with Gasteiger partial charge in [-0.3, -0.25) is 4.99 Å². The van der Waals surface area contributed by atoms with Crippen LogP contribution in [0.25, 0.3) is 11.1 Å². The van der Waals surface area contributed by atoms with Crippen molar-refractivity contribution in [3.8, 4) is 11.1 Å². The van der Waals surface area contributed by atoms with Gasteiger partial charge in [0, 0.05) is 29.9 Å². The number of benzene rings is 1. The van der Waals surface area contributed by atoms with Crippen LogP contribution in [0.1, 0.15) is 78.2 Å². The van der Waals surface area contributed by atoms with E-state index in [0.717, 1.165) is 50.4 Å². The number of hydrogen-bond acceptors (Lipinski definition) is 4. The molecule has 4 nitrogen and oxygen atoms in total. The lowest BCUT2D eigenvalue weighted by atomic mass is 9.79. The maximum Gasteiger partial charge on any atom is 0.129 e. The lowest BCUT2D eigenvalue weighted by Gasteiger charge is -2.36. The van der Waals surface area contributed by atoms with Gasteiger partial charge in [-0.2, -0.15) is 0 Å². The zero-order valence-corrected chi connectivity index (χ0v) is 24.0. The third-order valence-corrected chi connectivity index (χ3v) is 9.28. The topological polar surface area (TPSA) is 40.9 Å². The van der Waals surface area contributed by atoms with Gasteiger partial charge in [-0.25, -0.2) is 14.4 Å². The highest BCUT2D eigenvalue weighted by Crippen LogP contribution is 2.48. The second-order valence-electron chi connectivity index (χ2n) is 12.6. The van der Waals surface area contributed by atoms with Gasteiger partial charge >= 0.3 is 0 Å². The number of aryl methyl sites for hydroxylation is 1. The number of amidine groups is 1. The summed E-state index contributed by atoms with van der Waals surface area (Å²) in [7, 11) is 0. The first-order chi connectivity index (χ1) is 18.3. The molecular weight excluding hydrogens is 471 g/mol. The van der Waals surface area contributed by atoms with Crippen LogP contribution in [-0.2, 0) is 0 Å². The van der Waals surface area contributed by atoms with Crippen molar-refractivity contribution in [3.05, 3.63) is 48.2 Å². The van der Waals surface area contributed by atoms with Crippen LogP contribution in [0.3, 0.4) is 0 Å².